The number of carbonyl (C=O) groups is 2. The van der Waals surface area contributed by atoms with E-state index in [1.165, 1.54) is 18.7 Å². The quantitative estimate of drug-likeness (QED) is 0.386. The summed E-state index contributed by atoms with van der Waals surface area (Å²) in [6.07, 6.45) is 0. The van der Waals surface area contributed by atoms with Crippen LogP contribution in [0.25, 0.3) is 11.3 Å². The van der Waals surface area contributed by atoms with Crippen LogP contribution in [0.5, 0.6) is 0 Å². The number of nitrogens with one attached hydrogen (secondary N) is 1. The van der Waals surface area contributed by atoms with E-state index in [4.69, 9.17) is 0 Å². The molecule has 27 heavy (non-hydrogen) atoms. The summed E-state index contributed by atoms with van der Waals surface area (Å²) >= 11 is 1.30. The number of rotatable bonds is 6. The molecule has 0 saturated carbocycles. The molecule has 2 heterocycles. The Morgan fingerprint density at radius 1 is 1.07 bits per heavy atom. The SMILES string of the molecule is CC(=O)c1c(C)[nH]c(C(=O)CSc2nc(C)cc(-c3ccccc3)n2)c1C. The Labute approximate surface area is 162 Å². The van der Waals surface area contributed by atoms with Crippen LogP contribution in [0.3, 0.4) is 0 Å². The van der Waals surface area contributed by atoms with Gasteiger partial charge in [-0.05, 0) is 39.3 Å². The zero-order valence-corrected chi connectivity index (χ0v) is 16.6. The number of H-pyrrole nitrogens is 1. The van der Waals surface area contributed by atoms with Gasteiger partial charge in [-0.15, -0.1) is 0 Å². The fraction of sp³-hybridized carbons (Fsp3) is 0.238. The molecule has 0 aliphatic rings. The predicted molar refractivity (Wildman–Crippen MR) is 108 cm³/mol. The first-order valence-electron chi connectivity index (χ1n) is 8.64. The number of aryl methyl sites for hydroxylation is 2. The van der Waals surface area contributed by atoms with E-state index in [-0.39, 0.29) is 17.3 Å². The Morgan fingerprint density at radius 3 is 2.41 bits per heavy atom. The monoisotopic (exact) mass is 379 g/mol. The highest BCUT2D eigenvalue weighted by Crippen LogP contribution is 2.24. The molecule has 0 atom stereocenters. The molecule has 3 rings (SSSR count). The first-order valence-corrected chi connectivity index (χ1v) is 9.62. The minimum Gasteiger partial charge on any atom is -0.355 e. The maximum Gasteiger partial charge on any atom is 0.189 e. The van der Waals surface area contributed by atoms with Crippen LogP contribution < -0.4 is 0 Å². The summed E-state index contributed by atoms with van der Waals surface area (Å²) in [7, 11) is 0. The van der Waals surface area contributed by atoms with Gasteiger partial charge in [0, 0.05) is 22.5 Å². The molecular formula is C21H21N3O2S. The molecule has 3 aromatic rings. The summed E-state index contributed by atoms with van der Waals surface area (Å²) in [6.45, 7) is 7.04. The second-order valence-corrected chi connectivity index (χ2v) is 7.38. The number of aromatic amines is 1. The molecule has 6 heteroatoms. The van der Waals surface area contributed by atoms with Gasteiger partial charge >= 0.3 is 0 Å². The first-order chi connectivity index (χ1) is 12.9. The third-order valence-corrected chi connectivity index (χ3v) is 5.15. The van der Waals surface area contributed by atoms with Gasteiger partial charge in [0.15, 0.2) is 16.7 Å². The van der Waals surface area contributed by atoms with Gasteiger partial charge in [0.2, 0.25) is 0 Å². The normalized spacial score (nSPS) is 10.8. The zero-order chi connectivity index (χ0) is 19.6. The van der Waals surface area contributed by atoms with Crippen LogP contribution in [-0.2, 0) is 0 Å². The average Bonchev–Trinajstić information content (AvgIpc) is 2.94. The molecule has 1 N–H and O–H groups in total. The summed E-state index contributed by atoms with van der Waals surface area (Å²) in [6, 6.07) is 11.8. The topological polar surface area (TPSA) is 75.7 Å². The average molecular weight is 379 g/mol. The minimum atomic E-state index is -0.0699. The smallest absolute Gasteiger partial charge is 0.189 e. The van der Waals surface area contributed by atoms with Crippen molar-refractivity contribution in [3.63, 3.8) is 0 Å². The fourth-order valence-electron chi connectivity index (χ4n) is 3.12. The Kier molecular flexibility index (Phi) is 5.56. The summed E-state index contributed by atoms with van der Waals surface area (Å²) in [5.74, 6) is 0.0949. The number of ketones is 2. The maximum atomic E-state index is 12.6. The molecular weight excluding hydrogens is 358 g/mol. The van der Waals surface area contributed by atoms with Crippen LogP contribution in [0, 0.1) is 20.8 Å². The largest absolute Gasteiger partial charge is 0.355 e. The number of thioether (sulfide) groups is 1. The zero-order valence-electron chi connectivity index (χ0n) is 15.8. The van der Waals surface area contributed by atoms with E-state index in [9.17, 15) is 9.59 Å². The Morgan fingerprint density at radius 2 is 1.78 bits per heavy atom. The highest BCUT2D eigenvalue weighted by molar-refractivity contribution is 7.99. The molecule has 0 saturated heterocycles. The van der Waals surface area contributed by atoms with Gasteiger partial charge < -0.3 is 4.98 Å². The van der Waals surface area contributed by atoms with Crippen molar-refractivity contribution in [2.24, 2.45) is 0 Å². The van der Waals surface area contributed by atoms with Crippen molar-refractivity contribution < 1.29 is 9.59 Å². The van der Waals surface area contributed by atoms with Gasteiger partial charge in [-0.25, -0.2) is 9.97 Å². The lowest BCUT2D eigenvalue weighted by atomic mass is 10.1. The molecule has 0 bridgehead atoms. The van der Waals surface area contributed by atoms with Crippen molar-refractivity contribution in [3.8, 4) is 11.3 Å². The number of nitrogens with zero attached hydrogens (tertiary/aromatic N) is 2. The Balaban J connectivity index is 1.79. The van der Waals surface area contributed by atoms with E-state index in [1.807, 2.05) is 50.2 Å². The summed E-state index contributed by atoms with van der Waals surface area (Å²) in [5, 5.41) is 0.565. The molecule has 0 unspecified atom stereocenters. The van der Waals surface area contributed by atoms with E-state index < -0.39 is 0 Å². The summed E-state index contributed by atoms with van der Waals surface area (Å²) in [4.78, 5) is 36.5. The molecule has 5 nitrogen and oxygen atoms in total. The van der Waals surface area contributed by atoms with Crippen LogP contribution in [-0.4, -0.2) is 32.3 Å². The number of carbonyl (C=O) groups excluding carboxylic acids is 2. The van der Waals surface area contributed by atoms with Crippen molar-refractivity contribution in [1.82, 2.24) is 15.0 Å². The van der Waals surface area contributed by atoms with E-state index in [1.54, 1.807) is 6.92 Å². The van der Waals surface area contributed by atoms with Gasteiger partial charge in [0.05, 0.1) is 17.1 Å². The van der Waals surface area contributed by atoms with Crippen molar-refractivity contribution in [3.05, 3.63) is 64.6 Å². The second kappa shape index (κ2) is 7.88. The standard InChI is InChI=1S/C21H21N3O2S/c1-12-10-17(16-8-6-5-7-9-16)24-21(22-12)27-11-18(26)20-13(2)19(15(4)25)14(3)23-20/h5-10,23H,11H2,1-4H3. The lowest BCUT2D eigenvalue weighted by Gasteiger charge is -2.06. The van der Waals surface area contributed by atoms with Gasteiger partial charge in [0.1, 0.15) is 0 Å². The van der Waals surface area contributed by atoms with Gasteiger partial charge in [-0.3, -0.25) is 9.59 Å². The highest BCUT2D eigenvalue weighted by Gasteiger charge is 2.20. The number of benzene rings is 1. The lowest BCUT2D eigenvalue weighted by Crippen LogP contribution is -2.06. The van der Waals surface area contributed by atoms with Crippen molar-refractivity contribution in [2.75, 3.05) is 5.75 Å². The minimum absolute atomic E-state index is 0.0394. The van der Waals surface area contributed by atoms with E-state index in [0.717, 1.165) is 22.6 Å². The number of aromatic nitrogens is 3. The lowest BCUT2D eigenvalue weighted by molar-refractivity contribution is 0.101. The van der Waals surface area contributed by atoms with Crippen molar-refractivity contribution in [2.45, 2.75) is 32.9 Å². The van der Waals surface area contributed by atoms with Crippen LogP contribution in [0.1, 0.15) is 44.7 Å². The molecule has 0 spiro atoms. The molecule has 2 aromatic heterocycles. The van der Waals surface area contributed by atoms with Crippen LogP contribution in [0.15, 0.2) is 41.6 Å². The van der Waals surface area contributed by atoms with Crippen molar-refractivity contribution in [1.29, 1.82) is 0 Å². The number of hydrogen-bond acceptors (Lipinski definition) is 5. The molecule has 1 aromatic carbocycles. The molecule has 0 aliphatic heterocycles. The molecule has 0 fully saturated rings. The second-order valence-electron chi connectivity index (χ2n) is 6.44. The van der Waals surface area contributed by atoms with Crippen LogP contribution in [0.4, 0.5) is 0 Å². The van der Waals surface area contributed by atoms with Gasteiger partial charge in [-0.1, -0.05) is 42.1 Å². The Bertz CT molecular complexity index is 1010. The first kappa shape index (κ1) is 19.0. The van der Waals surface area contributed by atoms with E-state index in [2.05, 4.69) is 15.0 Å². The predicted octanol–water partition coefficient (Wildman–Crippen LogP) is 4.57. The van der Waals surface area contributed by atoms with Crippen LogP contribution >= 0.6 is 11.8 Å². The van der Waals surface area contributed by atoms with Gasteiger partial charge in [0.25, 0.3) is 0 Å². The highest BCUT2D eigenvalue weighted by atomic mass is 32.2. The molecule has 0 radical (unpaired) electrons. The van der Waals surface area contributed by atoms with E-state index >= 15 is 0 Å². The molecule has 0 amide bonds. The Hall–Kier alpha value is -2.73. The van der Waals surface area contributed by atoms with Crippen LogP contribution in [0.2, 0.25) is 0 Å². The third-order valence-electron chi connectivity index (χ3n) is 4.30. The number of hydrogen-bond donors (Lipinski definition) is 1. The molecule has 0 aliphatic carbocycles. The summed E-state index contributed by atoms with van der Waals surface area (Å²) < 4.78 is 0. The third kappa shape index (κ3) is 4.17. The van der Waals surface area contributed by atoms with Gasteiger partial charge in [-0.2, -0.15) is 0 Å². The summed E-state index contributed by atoms with van der Waals surface area (Å²) in [5.41, 5.74) is 5.22. The molecule has 138 valence electrons. The van der Waals surface area contributed by atoms with E-state index in [0.29, 0.717) is 22.0 Å². The maximum absolute atomic E-state index is 12.6. The number of Topliss-reactive ketones (excluding diaryl/α,β-unsaturated/α-hetero) is 2. The fourth-order valence-corrected chi connectivity index (χ4v) is 3.90. The van der Waals surface area contributed by atoms with Crippen molar-refractivity contribution >= 4 is 23.3 Å².